The van der Waals surface area contributed by atoms with Crippen molar-refractivity contribution in [3.05, 3.63) is 12.2 Å². The number of aliphatic carboxylic acids is 1. The highest BCUT2D eigenvalue weighted by molar-refractivity contribution is 5.87. The normalized spacial score (nSPS) is 12.1. The second-order valence-corrected chi connectivity index (χ2v) is 7.31. The number of unbranched alkanes of at least 4 members (excludes halogenated alkanes) is 11. The summed E-state index contributed by atoms with van der Waals surface area (Å²) in [5.41, 5.74) is 0. The zero-order valence-electron chi connectivity index (χ0n) is 17.9. The second-order valence-electron chi connectivity index (χ2n) is 7.31. The average Bonchev–Trinajstić information content (AvgIpc) is 2.68. The number of ether oxygens (including phenoxy) is 1. The first-order valence-corrected chi connectivity index (χ1v) is 11.0. The lowest BCUT2D eigenvalue weighted by molar-refractivity contribution is -0.142. The fourth-order valence-electron chi connectivity index (χ4n) is 2.85. The molecule has 168 valence electrons. The molecule has 0 aliphatic carbocycles. The lowest BCUT2D eigenvalue weighted by atomic mass is 10.1. The van der Waals surface area contributed by atoms with Gasteiger partial charge in [0.25, 0.3) is 0 Å². The Morgan fingerprint density at radius 3 is 1.90 bits per heavy atom. The van der Waals surface area contributed by atoms with Gasteiger partial charge in [0.2, 0.25) is 0 Å². The Morgan fingerprint density at radius 2 is 1.38 bits per heavy atom. The van der Waals surface area contributed by atoms with Gasteiger partial charge < -0.3 is 20.3 Å². The Balaban J connectivity index is 3.49. The van der Waals surface area contributed by atoms with Crippen LogP contribution in [0.4, 0.5) is 4.79 Å². The molecule has 0 saturated carbocycles. The number of allylic oxidation sites excluding steroid dienone is 2. The van der Waals surface area contributed by atoms with Crippen LogP contribution in [0.2, 0.25) is 0 Å². The van der Waals surface area contributed by atoms with E-state index in [4.69, 9.17) is 10.2 Å². The van der Waals surface area contributed by atoms with Gasteiger partial charge in [-0.2, -0.15) is 0 Å². The first kappa shape index (κ1) is 27.1. The molecule has 1 atom stereocenters. The summed E-state index contributed by atoms with van der Waals surface area (Å²) in [6.07, 6.45) is 18.5. The van der Waals surface area contributed by atoms with Gasteiger partial charge >= 0.3 is 18.0 Å². The molecular formula is C22H39NO6. The largest absolute Gasteiger partial charge is 0.480 e. The van der Waals surface area contributed by atoms with Crippen LogP contribution in [0.25, 0.3) is 0 Å². The number of carboxylic acids is 1. The van der Waals surface area contributed by atoms with Crippen molar-refractivity contribution in [1.82, 2.24) is 5.32 Å². The van der Waals surface area contributed by atoms with Gasteiger partial charge in [-0.25, -0.2) is 9.59 Å². The van der Waals surface area contributed by atoms with E-state index in [0.29, 0.717) is 6.42 Å². The molecule has 0 aromatic heterocycles. The zero-order valence-corrected chi connectivity index (χ0v) is 17.9. The highest BCUT2D eigenvalue weighted by atomic mass is 16.6. The maximum absolute atomic E-state index is 11.5. The van der Waals surface area contributed by atoms with Crippen LogP contribution in [0.1, 0.15) is 96.8 Å². The van der Waals surface area contributed by atoms with Crippen molar-refractivity contribution in [1.29, 1.82) is 0 Å². The van der Waals surface area contributed by atoms with Crippen LogP contribution >= 0.6 is 0 Å². The topological polar surface area (TPSA) is 113 Å². The van der Waals surface area contributed by atoms with Crippen LogP contribution < -0.4 is 5.32 Å². The van der Waals surface area contributed by atoms with E-state index in [1.165, 1.54) is 44.9 Å². The van der Waals surface area contributed by atoms with Crippen LogP contribution in [0.3, 0.4) is 0 Å². The van der Waals surface area contributed by atoms with E-state index in [9.17, 15) is 14.4 Å². The molecule has 0 fully saturated rings. The molecule has 0 aliphatic rings. The Hall–Kier alpha value is -1.89. The van der Waals surface area contributed by atoms with Crippen molar-refractivity contribution in [2.45, 2.75) is 103 Å². The minimum Gasteiger partial charge on any atom is -0.480 e. The molecule has 0 aromatic rings. The highest BCUT2D eigenvalue weighted by Gasteiger charge is 2.20. The number of alkyl carbamates (subject to hydrolysis) is 1. The van der Waals surface area contributed by atoms with E-state index < -0.39 is 30.7 Å². The van der Waals surface area contributed by atoms with Gasteiger partial charge in [0.05, 0.1) is 6.61 Å². The predicted molar refractivity (Wildman–Crippen MR) is 113 cm³/mol. The SMILES string of the molecule is CCCCCCCCC=CCCCCCCCC(=O)OC(=O)NC(CO)C(=O)O. The fourth-order valence-corrected chi connectivity index (χ4v) is 2.85. The molecule has 0 heterocycles. The average molecular weight is 414 g/mol. The number of carbonyl (C=O) groups is 3. The summed E-state index contributed by atoms with van der Waals surface area (Å²) >= 11 is 0. The van der Waals surface area contributed by atoms with Gasteiger partial charge in [0.1, 0.15) is 0 Å². The number of aliphatic hydroxyl groups excluding tert-OH is 1. The summed E-state index contributed by atoms with van der Waals surface area (Å²) in [4.78, 5) is 33.5. The van der Waals surface area contributed by atoms with E-state index in [-0.39, 0.29) is 6.42 Å². The zero-order chi connectivity index (χ0) is 21.7. The van der Waals surface area contributed by atoms with Crippen LogP contribution in [-0.2, 0) is 14.3 Å². The van der Waals surface area contributed by atoms with Crippen molar-refractivity contribution >= 4 is 18.0 Å². The summed E-state index contributed by atoms with van der Waals surface area (Å²) < 4.78 is 4.48. The highest BCUT2D eigenvalue weighted by Crippen LogP contribution is 2.10. The third-order valence-electron chi connectivity index (χ3n) is 4.62. The Kier molecular flexibility index (Phi) is 18.2. The quantitative estimate of drug-likeness (QED) is 0.130. The third kappa shape index (κ3) is 17.9. The number of carbonyl (C=O) groups excluding carboxylic acids is 2. The van der Waals surface area contributed by atoms with E-state index in [1.54, 1.807) is 0 Å². The first-order valence-electron chi connectivity index (χ1n) is 11.0. The number of hydrogen-bond acceptors (Lipinski definition) is 5. The van der Waals surface area contributed by atoms with Gasteiger partial charge in [-0.1, -0.05) is 70.4 Å². The van der Waals surface area contributed by atoms with Crippen LogP contribution in [-0.4, -0.2) is 40.9 Å². The number of nitrogens with one attached hydrogen (secondary N) is 1. The van der Waals surface area contributed by atoms with Gasteiger partial charge in [-0.15, -0.1) is 0 Å². The third-order valence-corrected chi connectivity index (χ3v) is 4.62. The van der Waals surface area contributed by atoms with E-state index >= 15 is 0 Å². The van der Waals surface area contributed by atoms with Crippen molar-refractivity contribution in [3.63, 3.8) is 0 Å². The molecule has 29 heavy (non-hydrogen) atoms. The Morgan fingerprint density at radius 1 is 0.862 bits per heavy atom. The Bertz CT molecular complexity index is 478. The van der Waals surface area contributed by atoms with Gasteiger partial charge in [0, 0.05) is 6.42 Å². The van der Waals surface area contributed by atoms with E-state index in [1.807, 2.05) is 5.32 Å². The molecule has 3 N–H and O–H groups in total. The lowest BCUT2D eigenvalue weighted by Gasteiger charge is -2.10. The maximum atomic E-state index is 11.5. The lowest BCUT2D eigenvalue weighted by Crippen LogP contribution is -2.44. The monoisotopic (exact) mass is 413 g/mol. The van der Waals surface area contributed by atoms with Crippen LogP contribution in [0, 0.1) is 0 Å². The summed E-state index contributed by atoms with van der Waals surface area (Å²) in [5.74, 6) is -2.09. The molecular weight excluding hydrogens is 374 g/mol. The molecule has 0 bridgehead atoms. The van der Waals surface area contributed by atoms with E-state index in [2.05, 4.69) is 23.8 Å². The van der Waals surface area contributed by atoms with Crippen molar-refractivity contribution in [3.8, 4) is 0 Å². The molecule has 7 heteroatoms. The molecule has 0 aromatic carbocycles. The summed E-state index contributed by atoms with van der Waals surface area (Å²) in [5, 5.41) is 19.4. The molecule has 7 nitrogen and oxygen atoms in total. The first-order chi connectivity index (χ1) is 14.0. The standard InChI is InChI=1S/C22H39NO6/c1-2-3-4-5-6-7-8-9-10-11-12-13-14-15-16-17-20(25)29-22(28)23-19(18-24)21(26)27/h9-10,19,24H,2-8,11-18H2,1H3,(H,23,28)(H,26,27). The van der Waals surface area contributed by atoms with Crippen LogP contribution in [0.15, 0.2) is 12.2 Å². The van der Waals surface area contributed by atoms with Crippen LogP contribution in [0.5, 0.6) is 0 Å². The van der Waals surface area contributed by atoms with Gasteiger partial charge in [-0.3, -0.25) is 4.79 Å². The smallest absolute Gasteiger partial charge is 0.415 e. The molecule has 0 rings (SSSR count). The van der Waals surface area contributed by atoms with E-state index in [0.717, 1.165) is 32.1 Å². The van der Waals surface area contributed by atoms with Gasteiger partial charge in [-0.05, 0) is 32.1 Å². The number of aliphatic hydroxyl groups is 1. The van der Waals surface area contributed by atoms with Crippen molar-refractivity contribution in [2.75, 3.05) is 6.61 Å². The second kappa shape index (κ2) is 19.4. The number of carboxylic acid groups (broad SMARTS) is 1. The minimum absolute atomic E-state index is 0.114. The fraction of sp³-hybridized carbons (Fsp3) is 0.773. The number of hydrogen-bond donors (Lipinski definition) is 3. The summed E-state index contributed by atoms with van der Waals surface area (Å²) in [6, 6.07) is -1.48. The molecule has 1 unspecified atom stereocenters. The molecule has 0 saturated heterocycles. The minimum atomic E-state index is -1.48. The number of rotatable bonds is 18. The summed E-state index contributed by atoms with van der Waals surface area (Å²) in [7, 11) is 0. The number of esters is 1. The molecule has 0 spiro atoms. The Labute approximate surface area is 174 Å². The summed E-state index contributed by atoms with van der Waals surface area (Å²) in [6.45, 7) is 1.46. The van der Waals surface area contributed by atoms with Crippen molar-refractivity contribution < 1.29 is 29.3 Å². The van der Waals surface area contributed by atoms with Gasteiger partial charge in [0.15, 0.2) is 6.04 Å². The molecule has 0 aliphatic heterocycles. The molecule has 0 radical (unpaired) electrons. The predicted octanol–water partition coefficient (Wildman–Crippen LogP) is 4.72. The van der Waals surface area contributed by atoms with Crippen molar-refractivity contribution in [2.24, 2.45) is 0 Å². The maximum Gasteiger partial charge on any atom is 0.415 e. The molecule has 1 amide bonds. The number of amides is 1.